The number of benzene rings is 1. The molecule has 1 aromatic rings. The largest absolute Gasteiger partial charge is 0.493 e. The Morgan fingerprint density at radius 3 is 2.52 bits per heavy atom. The molecule has 3 fully saturated rings. The molecule has 3 aliphatic heterocycles. The summed E-state index contributed by atoms with van der Waals surface area (Å²) < 4.78 is 17.1. The Labute approximate surface area is 148 Å². The molecule has 25 heavy (non-hydrogen) atoms. The van der Waals surface area contributed by atoms with E-state index in [0.717, 1.165) is 62.3 Å². The van der Waals surface area contributed by atoms with Gasteiger partial charge in [-0.05, 0) is 32.1 Å². The molecule has 0 spiro atoms. The molecule has 5 rings (SSSR count). The molecular weight excluding hydrogens is 318 g/mol. The van der Waals surface area contributed by atoms with Gasteiger partial charge < -0.3 is 24.8 Å². The van der Waals surface area contributed by atoms with Crippen LogP contribution in [0.25, 0.3) is 0 Å². The molecule has 2 saturated heterocycles. The van der Waals surface area contributed by atoms with Crippen LogP contribution in [0.4, 0.5) is 11.4 Å². The molecule has 2 bridgehead atoms. The SMILES string of the molecule is COc1cc2c(cc1OC)N(CCC13CCC(N)(CC1)CO3)CC=N2. The minimum atomic E-state index is -0.0734. The number of rotatable bonds is 5. The monoisotopic (exact) mass is 345 g/mol. The van der Waals surface area contributed by atoms with Crippen LogP contribution >= 0.6 is 0 Å². The second-order valence-corrected chi connectivity index (χ2v) is 7.54. The zero-order valence-electron chi connectivity index (χ0n) is 15.1. The first-order chi connectivity index (χ1) is 12.1. The number of nitrogens with zero attached hydrogens (tertiary/aromatic N) is 2. The highest BCUT2D eigenvalue weighted by atomic mass is 16.5. The summed E-state index contributed by atoms with van der Waals surface area (Å²) in [6.45, 7) is 2.45. The van der Waals surface area contributed by atoms with E-state index in [1.54, 1.807) is 14.2 Å². The van der Waals surface area contributed by atoms with E-state index in [1.165, 1.54) is 0 Å². The van der Waals surface area contributed by atoms with E-state index in [0.29, 0.717) is 12.4 Å². The molecule has 2 N–H and O–H groups in total. The highest BCUT2D eigenvalue weighted by Gasteiger charge is 2.47. The van der Waals surface area contributed by atoms with Gasteiger partial charge in [0, 0.05) is 30.4 Å². The van der Waals surface area contributed by atoms with Gasteiger partial charge in [0.2, 0.25) is 0 Å². The van der Waals surface area contributed by atoms with Crippen LogP contribution in [0.15, 0.2) is 17.1 Å². The number of methoxy groups -OCH3 is 2. The summed E-state index contributed by atoms with van der Waals surface area (Å²) in [5.74, 6) is 1.45. The third kappa shape index (κ3) is 2.98. The Kier molecular flexibility index (Phi) is 4.12. The van der Waals surface area contributed by atoms with Gasteiger partial charge in [0.25, 0.3) is 0 Å². The van der Waals surface area contributed by atoms with Gasteiger partial charge >= 0.3 is 0 Å². The van der Waals surface area contributed by atoms with Crippen LogP contribution in [-0.4, -0.2) is 51.3 Å². The number of ether oxygens (including phenoxy) is 3. The van der Waals surface area contributed by atoms with Crippen LogP contribution in [0.3, 0.4) is 0 Å². The van der Waals surface area contributed by atoms with Gasteiger partial charge in [0.15, 0.2) is 11.5 Å². The van der Waals surface area contributed by atoms with Crippen molar-refractivity contribution in [1.29, 1.82) is 0 Å². The summed E-state index contributed by atoms with van der Waals surface area (Å²) in [6, 6.07) is 3.96. The zero-order valence-corrected chi connectivity index (χ0v) is 15.1. The fourth-order valence-corrected chi connectivity index (χ4v) is 4.21. The maximum atomic E-state index is 6.34. The number of fused-ring (bicyclic) bond motifs is 4. The molecule has 0 unspecified atom stereocenters. The van der Waals surface area contributed by atoms with Crippen LogP contribution in [0.1, 0.15) is 32.1 Å². The molecule has 3 heterocycles. The van der Waals surface area contributed by atoms with Crippen LogP contribution in [0.5, 0.6) is 11.5 Å². The number of anilines is 1. The summed E-state index contributed by atoms with van der Waals surface area (Å²) in [6.07, 6.45) is 7.28. The van der Waals surface area contributed by atoms with E-state index in [9.17, 15) is 0 Å². The molecular formula is C19H27N3O3. The lowest BCUT2D eigenvalue weighted by Crippen LogP contribution is -2.60. The molecule has 1 aromatic carbocycles. The first-order valence-electron chi connectivity index (χ1n) is 9.03. The standard InChI is InChI=1S/C19H27N3O3/c1-23-16-11-14-15(12-17(16)24-2)22(10-8-21-14)9-7-19-5-3-18(20,4-6-19)13-25-19/h8,11-12H,3-7,9-10,13,20H2,1-2H3. The maximum absolute atomic E-state index is 6.34. The van der Waals surface area contributed by atoms with Gasteiger partial charge in [-0.2, -0.15) is 0 Å². The summed E-state index contributed by atoms with van der Waals surface area (Å²) in [5.41, 5.74) is 8.29. The Hall–Kier alpha value is -1.79. The van der Waals surface area contributed by atoms with Gasteiger partial charge in [0.1, 0.15) is 0 Å². The molecule has 6 heteroatoms. The third-order valence-corrected chi connectivity index (χ3v) is 6.01. The highest BCUT2D eigenvalue weighted by Crippen LogP contribution is 2.45. The molecule has 136 valence electrons. The van der Waals surface area contributed by atoms with Crippen LogP contribution in [0, 0.1) is 0 Å². The van der Waals surface area contributed by atoms with Crippen molar-refractivity contribution in [2.75, 3.05) is 38.8 Å². The molecule has 0 aromatic heterocycles. The highest BCUT2D eigenvalue weighted by molar-refractivity contribution is 5.83. The van der Waals surface area contributed by atoms with Crippen LogP contribution in [0.2, 0.25) is 0 Å². The molecule has 0 radical (unpaired) electrons. The van der Waals surface area contributed by atoms with Gasteiger partial charge in [-0.1, -0.05) is 0 Å². The third-order valence-electron chi connectivity index (χ3n) is 6.01. The van der Waals surface area contributed by atoms with Crippen molar-refractivity contribution < 1.29 is 14.2 Å². The predicted octanol–water partition coefficient (Wildman–Crippen LogP) is 2.66. The molecule has 4 aliphatic rings. The van der Waals surface area contributed by atoms with E-state index in [2.05, 4.69) is 9.89 Å². The van der Waals surface area contributed by atoms with Crippen LogP contribution in [-0.2, 0) is 4.74 Å². The minimum Gasteiger partial charge on any atom is -0.493 e. The van der Waals surface area contributed by atoms with E-state index in [1.807, 2.05) is 18.3 Å². The summed E-state index contributed by atoms with van der Waals surface area (Å²) >= 11 is 0. The Balaban J connectivity index is 1.51. The van der Waals surface area contributed by atoms with Crippen molar-refractivity contribution in [2.24, 2.45) is 10.7 Å². The quantitative estimate of drug-likeness (QED) is 0.888. The lowest BCUT2D eigenvalue weighted by atomic mass is 9.70. The van der Waals surface area contributed by atoms with E-state index in [4.69, 9.17) is 19.9 Å². The van der Waals surface area contributed by atoms with Crippen molar-refractivity contribution in [3.63, 3.8) is 0 Å². The Morgan fingerprint density at radius 2 is 1.88 bits per heavy atom. The number of hydrogen-bond acceptors (Lipinski definition) is 6. The van der Waals surface area contributed by atoms with Crippen LogP contribution < -0.4 is 20.1 Å². The summed E-state index contributed by atoms with van der Waals surface area (Å²) in [5, 5.41) is 0. The van der Waals surface area contributed by atoms with Gasteiger partial charge in [-0.15, -0.1) is 0 Å². The van der Waals surface area contributed by atoms with Gasteiger partial charge in [-0.25, -0.2) is 0 Å². The number of hydrogen-bond donors (Lipinski definition) is 1. The number of nitrogens with two attached hydrogens (primary N) is 1. The summed E-state index contributed by atoms with van der Waals surface area (Å²) in [7, 11) is 3.31. The minimum absolute atomic E-state index is 0.00638. The zero-order chi connectivity index (χ0) is 17.5. The van der Waals surface area contributed by atoms with Crippen molar-refractivity contribution in [2.45, 2.75) is 43.2 Å². The van der Waals surface area contributed by atoms with E-state index in [-0.39, 0.29) is 11.1 Å². The predicted molar refractivity (Wildman–Crippen MR) is 98.6 cm³/mol. The topological polar surface area (TPSA) is 69.3 Å². The fourth-order valence-electron chi connectivity index (χ4n) is 4.21. The molecule has 1 aliphatic carbocycles. The molecule has 0 amide bonds. The average Bonchev–Trinajstić information content (AvgIpc) is 2.66. The van der Waals surface area contributed by atoms with Crippen molar-refractivity contribution in [3.8, 4) is 11.5 Å². The van der Waals surface area contributed by atoms with E-state index >= 15 is 0 Å². The molecule has 1 saturated carbocycles. The molecule has 6 nitrogen and oxygen atoms in total. The van der Waals surface area contributed by atoms with Gasteiger partial charge in [-0.3, -0.25) is 4.99 Å². The second kappa shape index (κ2) is 6.18. The van der Waals surface area contributed by atoms with Crippen molar-refractivity contribution in [1.82, 2.24) is 0 Å². The molecule has 0 atom stereocenters. The first kappa shape index (κ1) is 16.7. The summed E-state index contributed by atoms with van der Waals surface area (Å²) in [4.78, 5) is 6.87. The van der Waals surface area contributed by atoms with Crippen molar-refractivity contribution >= 4 is 17.6 Å². The Bertz CT molecular complexity index is 664. The van der Waals surface area contributed by atoms with E-state index < -0.39 is 0 Å². The van der Waals surface area contributed by atoms with Crippen molar-refractivity contribution in [3.05, 3.63) is 12.1 Å². The van der Waals surface area contributed by atoms with Gasteiger partial charge in [0.05, 0.1) is 44.3 Å². The maximum Gasteiger partial charge on any atom is 0.163 e. The fraction of sp³-hybridized carbons (Fsp3) is 0.632. The second-order valence-electron chi connectivity index (χ2n) is 7.54. The lowest BCUT2D eigenvalue weighted by Gasteiger charge is -2.52. The Morgan fingerprint density at radius 1 is 1.16 bits per heavy atom. The average molecular weight is 345 g/mol. The normalized spacial score (nSPS) is 30.3. The first-order valence-corrected chi connectivity index (χ1v) is 9.03. The number of aliphatic imine (C=N–C) groups is 1. The smallest absolute Gasteiger partial charge is 0.163 e. The lowest BCUT2D eigenvalue weighted by molar-refractivity contribution is -0.155.